The highest BCUT2D eigenvalue weighted by Crippen LogP contribution is 2.36. The van der Waals surface area contributed by atoms with Crippen LogP contribution >= 0.6 is 0 Å². The lowest BCUT2D eigenvalue weighted by atomic mass is 9.87. The van der Waals surface area contributed by atoms with E-state index in [1.807, 2.05) is 44.2 Å². The van der Waals surface area contributed by atoms with Gasteiger partial charge >= 0.3 is 12.1 Å². The van der Waals surface area contributed by atoms with Crippen LogP contribution in [0.15, 0.2) is 72.1 Å². The number of hydrogen-bond donors (Lipinski definition) is 3. The molecule has 3 aromatic rings. The molecule has 5 atom stereocenters. The predicted octanol–water partition coefficient (Wildman–Crippen LogP) is 3.52. The van der Waals surface area contributed by atoms with Crippen molar-refractivity contribution in [3.8, 4) is 11.5 Å². The van der Waals surface area contributed by atoms with Crippen LogP contribution in [0.4, 0.5) is 9.59 Å². The fraction of sp³-hybridized carbons (Fsp3) is 0.528. The third-order valence-corrected chi connectivity index (χ3v) is 11.4. The van der Waals surface area contributed by atoms with E-state index >= 15 is 0 Å². The smallest absolute Gasteiger partial charge is 0.407 e. The molecule has 0 aliphatic carbocycles. The number of rotatable bonds is 16. The summed E-state index contributed by atoms with van der Waals surface area (Å²) in [4.78, 5) is 29.4. The number of nitrogens with zero attached hydrogens (tertiary/aromatic N) is 3. The van der Waals surface area contributed by atoms with Crippen LogP contribution in [0.1, 0.15) is 45.1 Å². The van der Waals surface area contributed by atoms with Gasteiger partial charge in [0.2, 0.25) is 16.8 Å². The molecule has 0 unspecified atom stereocenters. The second-order valence-corrected chi connectivity index (χ2v) is 16.1. The number of fused-ring (bicyclic) bond motifs is 2. The average molecular weight is 742 g/mol. The van der Waals surface area contributed by atoms with Gasteiger partial charge < -0.3 is 39.4 Å². The van der Waals surface area contributed by atoms with Gasteiger partial charge in [-0.3, -0.25) is 4.57 Å². The number of carbonyl (C=O) groups is 2. The summed E-state index contributed by atoms with van der Waals surface area (Å²) in [5.41, 5.74) is 0.298. The number of benzene rings is 2. The first-order valence-corrected chi connectivity index (χ1v) is 19.0. The Morgan fingerprint density at radius 3 is 2.71 bits per heavy atom. The van der Waals surface area contributed by atoms with Crippen LogP contribution in [0.3, 0.4) is 0 Å². The van der Waals surface area contributed by atoms with E-state index in [0.717, 1.165) is 5.56 Å². The molecule has 0 radical (unpaired) electrons. The Balaban J connectivity index is 1.16. The number of aliphatic hydroxyl groups is 1. The van der Waals surface area contributed by atoms with E-state index in [0.29, 0.717) is 50.3 Å². The first kappa shape index (κ1) is 37.5. The van der Waals surface area contributed by atoms with E-state index in [-0.39, 0.29) is 49.8 Å². The number of alkyl carbamates (subject to hydrolysis) is 1. The van der Waals surface area contributed by atoms with Gasteiger partial charge in [-0.15, -0.1) is 0 Å². The number of sulfonamides is 1. The van der Waals surface area contributed by atoms with Crippen molar-refractivity contribution >= 4 is 22.1 Å². The zero-order valence-electron chi connectivity index (χ0n) is 29.4. The van der Waals surface area contributed by atoms with E-state index in [2.05, 4.69) is 15.6 Å². The number of imidazole rings is 1. The normalized spacial score (nSPS) is 20.7. The van der Waals surface area contributed by atoms with Crippen molar-refractivity contribution in [1.82, 2.24) is 24.5 Å². The minimum absolute atomic E-state index is 0.0106. The number of ether oxygens (including phenoxy) is 5. The molecule has 0 spiro atoms. The highest BCUT2D eigenvalue weighted by atomic mass is 32.2. The summed E-state index contributed by atoms with van der Waals surface area (Å²) in [5.74, 6) is 0.691. The van der Waals surface area contributed by atoms with Gasteiger partial charge in [0, 0.05) is 38.1 Å². The number of hydrogen-bond acceptors (Lipinski definition) is 11. The van der Waals surface area contributed by atoms with Crippen molar-refractivity contribution in [3.05, 3.63) is 72.8 Å². The summed E-state index contributed by atoms with van der Waals surface area (Å²) in [7, 11) is -4.19. The van der Waals surface area contributed by atoms with Crippen LogP contribution in [0, 0.1) is 11.3 Å². The Hall–Kier alpha value is -4.22. The summed E-state index contributed by atoms with van der Waals surface area (Å²) in [5, 5.41) is 17.5. The molecule has 52 heavy (non-hydrogen) atoms. The molecule has 3 aliphatic heterocycles. The standard InChI is InChI=1S/C36H47N5O10S/c1-36(2,13-6-7-14-38-34(43)40-16-15-37-23-40)22-41(52(45,46)26-10-11-30-31(19-26)50-24-49-30)20-29(42)28(18-25-8-4-3-5-9-25)39-35(44)51-32-21-48-33-27(32)12-17-47-33/h3-5,8-11,15-16,19,23,27-29,32-33,42H,6-7,12-14,17-18,20-22,24H2,1-2H3,(H,38,43)(H,39,44)/t27-,28-,29+,32-,33+/m0/s1. The van der Waals surface area contributed by atoms with Crippen LogP contribution in [0.5, 0.6) is 11.5 Å². The number of amides is 2. The summed E-state index contributed by atoms with van der Waals surface area (Å²) < 4.78 is 59.2. The number of aliphatic hydroxyl groups excluding tert-OH is 1. The molecule has 15 nitrogen and oxygen atoms in total. The summed E-state index contributed by atoms with van der Waals surface area (Å²) >= 11 is 0. The lowest BCUT2D eigenvalue weighted by Crippen LogP contribution is -2.52. The lowest BCUT2D eigenvalue weighted by Gasteiger charge is -2.35. The third kappa shape index (κ3) is 9.41. The fourth-order valence-electron chi connectivity index (χ4n) is 6.74. The molecule has 2 amide bonds. The van der Waals surface area contributed by atoms with Crippen molar-refractivity contribution < 1.29 is 46.8 Å². The predicted molar refractivity (Wildman–Crippen MR) is 187 cm³/mol. The summed E-state index contributed by atoms with van der Waals surface area (Å²) in [6.07, 6.45) is 4.51. The molecular formula is C36H47N5O10S. The zero-order valence-corrected chi connectivity index (χ0v) is 30.2. The van der Waals surface area contributed by atoms with Gasteiger partial charge in [-0.25, -0.2) is 23.0 Å². The van der Waals surface area contributed by atoms with Gasteiger partial charge in [0.25, 0.3) is 0 Å². The average Bonchev–Trinajstić information content (AvgIpc) is 3.95. The number of aromatic nitrogens is 2. The molecule has 6 rings (SSSR count). The Kier molecular flexibility index (Phi) is 12.0. The van der Waals surface area contributed by atoms with Crippen LogP contribution < -0.4 is 20.1 Å². The maximum atomic E-state index is 14.4. The lowest BCUT2D eigenvalue weighted by molar-refractivity contribution is -0.0907. The minimum Gasteiger partial charge on any atom is -0.454 e. The molecule has 3 aliphatic rings. The molecule has 2 fully saturated rings. The van der Waals surface area contributed by atoms with Crippen molar-refractivity contribution in [2.24, 2.45) is 11.3 Å². The van der Waals surface area contributed by atoms with Crippen molar-refractivity contribution in [2.45, 2.75) is 75.4 Å². The maximum Gasteiger partial charge on any atom is 0.407 e. The quantitative estimate of drug-likeness (QED) is 0.183. The second kappa shape index (κ2) is 16.6. The molecule has 1 aromatic heterocycles. The SMILES string of the molecule is CC(C)(CCCCNC(=O)n1ccnc1)CN(C[C@@H](O)[C@H](Cc1ccccc1)NC(=O)O[C@H]1CO[C@H]2OCC[C@H]21)S(=O)(=O)c1ccc2c(c1)OCO2. The largest absolute Gasteiger partial charge is 0.454 e. The van der Waals surface area contributed by atoms with Gasteiger partial charge in [0.05, 0.1) is 36.2 Å². The number of carbonyl (C=O) groups excluding carboxylic acids is 2. The van der Waals surface area contributed by atoms with Crippen molar-refractivity contribution in [2.75, 3.05) is 39.6 Å². The second-order valence-electron chi connectivity index (χ2n) is 14.1. The Morgan fingerprint density at radius 1 is 1.12 bits per heavy atom. The van der Waals surface area contributed by atoms with E-state index in [1.165, 1.54) is 33.5 Å². The molecule has 0 saturated carbocycles. The molecule has 282 valence electrons. The molecular weight excluding hydrogens is 694 g/mol. The Bertz CT molecular complexity index is 1760. The van der Waals surface area contributed by atoms with Gasteiger partial charge in [0.15, 0.2) is 17.8 Å². The van der Waals surface area contributed by atoms with E-state index in [1.54, 1.807) is 12.3 Å². The summed E-state index contributed by atoms with van der Waals surface area (Å²) in [6, 6.07) is 12.6. The maximum absolute atomic E-state index is 14.4. The Labute approximate surface area is 303 Å². The minimum atomic E-state index is -4.19. The first-order valence-electron chi connectivity index (χ1n) is 17.6. The topological polar surface area (TPSA) is 180 Å². The van der Waals surface area contributed by atoms with E-state index < -0.39 is 46.1 Å². The van der Waals surface area contributed by atoms with Crippen molar-refractivity contribution in [3.63, 3.8) is 0 Å². The van der Waals surface area contributed by atoms with Crippen LogP contribution in [0.2, 0.25) is 0 Å². The van der Waals surface area contributed by atoms with Gasteiger partial charge in [0.1, 0.15) is 12.4 Å². The molecule has 3 N–H and O–H groups in total. The van der Waals surface area contributed by atoms with E-state index in [9.17, 15) is 23.1 Å². The highest BCUT2D eigenvalue weighted by molar-refractivity contribution is 7.89. The zero-order chi connectivity index (χ0) is 36.7. The molecule has 2 saturated heterocycles. The monoisotopic (exact) mass is 741 g/mol. The van der Waals surface area contributed by atoms with Gasteiger partial charge in [-0.2, -0.15) is 4.31 Å². The van der Waals surface area contributed by atoms with Gasteiger partial charge in [-0.05, 0) is 48.8 Å². The third-order valence-electron chi connectivity index (χ3n) is 9.58. The van der Waals surface area contributed by atoms with Crippen LogP contribution in [-0.4, -0.2) is 104 Å². The van der Waals surface area contributed by atoms with Crippen molar-refractivity contribution in [1.29, 1.82) is 0 Å². The number of nitrogens with one attached hydrogen (secondary N) is 2. The summed E-state index contributed by atoms with van der Waals surface area (Å²) in [6.45, 7) is 4.84. The molecule has 4 heterocycles. The highest BCUT2D eigenvalue weighted by Gasteiger charge is 2.44. The molecule has 16 heteroatoms. The van der Waals surface area contributed by atoms with Crippen LogP contribution in [0.25, 0.3) is 0 Å². The van der Waals surface area contributed by atoms with Gasteiger partial charge in [-0.1, -0.05) is 50.6 Å². The fourth-order valence-corrected chi connectivity index (χ4v) is 8.41. The molecule has 0 bridgehead atoms. The first-order chi connectivity index (χ1) is 25.0. The van der Waals surface area contributed by atoms with Crippen LogP contribution in [-0.2, 0) is 30.7 Å². The number of unbranched alkanes of at least 4 members (excludes halogenated alkanes) is 1. The molecule has 2 aromatic carbocycles. The Morgan fingerprint density at radius 2 is 1.92 bits per heavy atom. The van der Waals surface area contributed by atoms with E-state index in [4.69, 9.17) is 23.7 Å².